The molecule has 0 aliphatic carbocycles. The molecule has 1 aromatic carbocycles. The molecule has 0 bridgehead atoms. The number of phenols is 1. The van der Waals surface area contributed by atoms with Crippen LogP contribution in [-0.4, -0.2) is 140 Å². The number of carbonyl (C=O) groups excluding carboxylic acids is 8. The molecular formula is C36H55N9O15. The summed E-state index contributed by atoms with van der Waals surface area (Å²) in [4.78, 5) is 126. The maximum atomic E-state index is 13.9. The molecule has 8 amide bonds. The zero-order chi connectivity index (χ0) is 45.9. The average Bonchev–Trinajstić information content (AvgIpc) is 3.15. The van der Waals surface area contributed by atoms with E-state index in [4.69, 9.17) is 22.3 Å². The first-order chi connectivity index (χ1) is 27.9. The summed E-state index contributed by atoms with van der Waals surface area (Å²) in [6.45, 7) is 3.43. The van der Waals surface area contributed by atoms with Gasteiger partial charge in [-0.3, -0.25) is 43.2 Å². The number of carbonyl (C=O) groups is 10. The monoisotopic (exact) mass is 853 g/mol. The van der Waals surface area contributed by atoms with E-state index in [0.717, 1.165) is 6.92 Å². The van der Waals surface area contributed by atoms with E-state index in [0.29, 0.717) is 5.56 Å². The molecule has 0 spiro atoms. The largest absolute Gasteiger partial charge is 0.508 e. The number of aliphatic hydroxyl groups excluding tert-OH is 2. The Morgan fingerprint density at radius 3 is 1.62 bits per heavy atom. The van der Waals surface area contributed by atoms with Crippen molar-refractivity contribution < 1.29 is 73.5 Å². The number of hydrogen-bond acceptors (Lipinski definition) is 14. The Morgan fingerprint density at radius 2 is 1.12 bits per heavy atom. The van der Waals surface area contributed by atoms with Gasteiger partial charge in [0.05, 0.1) is 25.2 Å². The van der Waals surface area contributed by atoms with Crippen molar-refractivity contribution in [3.8, 4) is 5.75 Å². The maximum absolute atomic E-state index is 13.9. The predicted octanol–water partition coefficient (Wildman–Crippen LogP) is -5.32. The van der Waals surface area contributed by atoms with Crippen molar-refractivity contribution in [3.05, 3.63) is 29.8 Å². The number of aliphatic carboxylic acids is 2. The van der Waals surface area contributed by atoms with Crippen LogP contribution in [0.3, 0.4) is 0 Å². The van der Waals surface area contributed by atoms with Crippen LogP contribution in [-0.2, 0) is 54.4 Å². The van der Waals surface area contributed by atoms with Gasteiger partial charge in [0.1, 0.15) is 42.0 Å². The van der Waals surface area contributed by atoms with Gasteiger partial charge in [-0.15, -0.1) is 0 Å². The SMILES string of the molecule is CC(C)C[C@H](NC(=O)[C@H](CC(N)=O)NC(=O)[C@@H](N)CCC(=O)O)C(=O)N[C@@H](Cc1ccc(O)cc1)C(=O)N[C@H](C(=O)N[C@@H](CCC(N)=O)C(=O)N[C@@H](CO)C(=O)O)[C@@H](C)O. The van der Waals surface area contributed by atoms with E-state index < -0.39 is 140 Å². The van der Waals surface area contributed by atoms with E-state index in [2.05, 4.69) is 26.6 Å². The summed E-state index contributed by atoms with van der Waals surface area (Å²) < 4.78 is 0. The standard InChI is InChI=1S/C36H55N9O15/c1-16(2)12-22(42-33(56)24(14-27(39)50)41-30(53)20(37)8-11-28(51)52)32(55)43-23(13-18-4-6-19(48)7-5-18)34(57)45-29(17(3)47)35(58)40-21(9-10-26(38)49)31(54)44-25(15-46)36(59)60/h4-7,16-17,20-25,29,46-48H,8-15,37H2,1-3H3,(H2,38,49)(H2,39,50)(H,40,58)(H,41,53)(H,42,56)(H,43,55)(H,44,54)(H,45,57)(H,51,52)(H,59,60)/t17-,20+,21+,22+,23+,24+,25+,29+/m1/s1. The number of nitrogens with two attached hydrogens (primary N) is 3. The van der Waals surface area contributed by atoms with Crippen LogP contribution in [0.1, 0.15) is 64.9 Å². The maximum Gasteiger partial charge on any atom is 0.328 e. The minimum Gasteiger partial charge on any atom is -0.508 e. The highest BCUT2D eigenvalue weighted by atomic mass is 16.4. The normalized spacial score (nSPS) is 15.0. The van der Waals surface area contributed by atoms with Gasteiger partial charge in [0.15, 0.2) is 0 Å². The van der Waals surface area contributed by atoms with Crippen LogP contribution in [0.5, 0.6) is 5.75 Å². The number of aromatic hydroxyl groups is 1. The fourth-order valence-electron chi connectivity index (χ4n) is 5.36. The molecule has 24 nitrogen and oxygen atoms in total. The molecule has 0 unspecified atom stereocenters. The summed E-state index contributed by atoms with van der Waals surface area (Å²) in [7, 11) is 0. The van der Waals surface area contributed by atoms with E-state index >= 15 is 0 Å². The number of hydrogen-bond donors (Lipinski definition) is 14. The van der Waals surface area contributed by atoms with Gasteiger partial charge >= 0.3 is 11.9 Å². The quantitative estimate of drug-likeness (QED) is 0.0393. The first-order valence-corrected chi connectivity index (χ1v) is 18.6. The molecule has 0 aliphatic heterocycles. The van der Waals surface area contributed by atoms with Crippen molar-refractivity contribution in [2.75, 3.05) is 6.61 Å². The molecule has 0 saturated heterocycles. The highest BCUT2D eigenvalue weighted by Gasteiger charge is 2.36. The molecule has 0 radical (unpaired) electrons. The van der Waals surface area contributed by atoms with E-state index in [1.165, 1.54) is 24.3 Å². The number of carboxylic acids is 2. The molecule has 0 aromatic heterocycles. The molecule has 0 heterocycles. The summed E-state index contributed by atoms with van der Waals surface area (Å²) in [6.07, 6.45) is -4.56. The van der Waals surface area contributed by atoms with Gasteiger partial charge in [0.25, 0.3) is 0 Å². The number of rotatable bonds is 27. The van der Waals surface area contributed by atoms with Crippen LogP contribution in [0.25, 0.3) is 0 Å². The molecule has 24 heteroatoms. The minimum absolute atomic E-state index is 0.0764. The summed E-state index contributed by atoms with van der Waals surface area (Å²) >= 11 is 0. The molecule has 17 N–H and O–H groups in total. The smallest absolute Gasteiger partial charge is 0.328 e. The zero-order valence-electron chi connectivity index (χ0n) is 33.2. The number of amides is 8. The average molecular weight is 854 g/mol. The second kappa shape index (κ2) is 25.2. The number of benzene rings is 1. The van der Waals surface area contributed by atoms with Gasteiger partial charge in [0.2, 0.25) is 47.3 Å². The van der Waals surface area contributed by atoms with Crippen LogP contribution < -0.4 is 49.1 Å². The predicted molar refractivity (Wildman–Crippen MR) is 206 cm³/mol. The summed E-state index contributed by atoms with van der Waals surface area (Å²) in [6, 6.07) is -6.04. The number of aliphatic hydroxyl groups is 2. The Balaban J connectivity index is 3.47. The molecule has 0 fully saturated rings. The summed E-state index contributed by atoms with van der Waals surface area (Å²) in [5, 5.41) is 61.4. The lowest BCUT2D eigenvalue weighted by Crippen LogP contribution is -2.62. The van der Waals surface area contributed by atoms with Crippen molar-refractivity contribution in [3.63, 3.8) is 0 Å². The highest BCUT2D eigenvalue weighted by Crippen LogP contribution is 2.13. The van der Waals surface area contributed by atoms with E-state index in [1.807, 2.05) is 5.32 Å². The lowest BCUT2D eigenvalue weighted by molar-refractivity contribution is -0.143. The third-order valence-corrected chi connectivity index (χ3v) is 8.57. The topological polar surface area (TPSA) is 422 Å². The third-order valence-electron chi connectivity index (χ3n) is 8.57. The number of primary amides is 2. The molecule has 334 valence electrons. The van der Waals surface area contributed by atoms with Crippen LogP contribution in [0.15, 0.2) is 24.3 Å². The van der Waals surface area contributed by atoms with Crippen molar-refractivity contribution in [2.24, 2.45) is 23.1 Å². The first kappa shape index (κ1) is 51.6. The minimum atomic E-state index is -1.86. The molecule has 0 saturated carbocycles. The Morgan fingerprint density at radius 1 is 0.617 bits per heavy atom. The van der Waals surface area contributed by atoms with Crippen LogP contribution >= 0.6 is 0 Å². The van der Waals surface area contributed by atoms with Gasteiger partial charge in [-0.25, -0.2) is 4.79 Å². The summed E-state index contributed by atoms with van der Waals surface area (Å²) in [5.74, 6) is -11.7. The van der Waals surface area contributed by atoms with Gasteiger partial charge in [0, 0.05) is 19.3 Å². The van der Waals surface area contributed by atoms with Gasteiger partial charge < -0.3 is 74.6 Å². The molecule has 60 heavy (non-hydrogen) atoms. The van der Waals surface area contributed by atoms with Crippen LogP contribution in [0.4, 0.5) is 0 Å². The van der Waals surface area contributed by atoms with Gasteiger partial charge in [-0.2, -0.15) is 0 Å². The van der Waals surface area contributed by atoms with Gasteiger partial charge in [-0.05, 0) is 49.8 Å². The Bertz CT molecular complexity index is 1710. The molecule has 8 atom stereocenters. The van der Waals surface area contributed by atoms with Crippen molar-refractivity contribution in [2.45, 2.75) is 114 Å². The molecule has 1 rings (SSSR count). The zero-order valence-corrected chi connectivity index (χ0v) is 33.2. The van der Waals surface area contributed by atoms with Crippen LogP contribution in [0.2, 0.25) is 0 Å². The van der Waals surface area contributed by atoms with Crippen molar-refractivity contribution in [1.82, 2.24) is 31.9 Å². The lowest BCUT2D eigenvalue weighted by atomic mass is 10.00. The Kier molecular flexibility index (Phi) is 21.7. The van der Waals surface area contributed by atoms with Crippen molar-refractivity contribution in [1.29, 1.82) is 0 Å². The Hall–Kier alpha value is -6.40. The second-order valence-electron chi connectivity index (χ2n) is 14.3. The summed E-state index contributed by atoms with van der Waals surface area (Å²) in [5.41, 5.74) is 16.6. The van der Waals surface area contributed by atoms with Crippen LogP contribution in [0, 0.1) is 5.92 Å². The van der Waals surface area contributed by atoms with Crippen molar-refractivity contribution >= 4 is 59.2 Å². The number of phenolic OH excluding ortho intramolecular Hbond substituents is 1. The Labute approximate surface area is 343 Å². The van der Waals surface area contributed by atoms with E-state index in [9.17, 15) is 68.4 Å². The fraction of sp³-hybridized carbons (Fsp3) is 0.556. The second-order valence-corrected chi connectivity index (χ2v) is 14.3. The van der Waals surface area contributed by atoms with E-state index in [1.54, 1.807) is 13.8 Å². The van der Waals surface area contributed by atoms with E-state index in [-0.39, 0.29) is 30.9 Å². The molecular weight excluding hydrogens is 798 g/mol. The lowest BCUT2D eigenvalue weighted by Gasteiger charge is -2.28. The first-order valence-electron chi connectivity index (χ1n) is 18.6. The fourth-order valence-corrected chi connectivity index (χ4v) is 5.36. The third kappa shape index (κ3) is 18.9. The number of nitrogens with one attached hydrogen (secondary N) is 6. The molecule has 1 aromatic rings. The highest BCUT2D eigenvalue weighted by molar-refractivity contribution is 5.98. The molecule has 0 aliphatic rings. The number of carboxylic acid groups (broad SMARTS) is 2. The van der Waals surface area contributed by atoms with Gasteiger partial charge in [-0.1, -0.05) is 26.0 Å².